The Balaban J connectivity index is 1.80. The quantitative estimate of drug-likeness (QED) is 0.670. The monoisotopic (exact) mass is 282 g/mol. The number of phenols is 1. The van der Waals surface area contributed by atoms with E-state index in [1.165, 1.54) is 29.7 Å². The number of rotatable bonds is 3. The highest BCUT2D eigenvalue weighted by atomic mass is 16.3. The van der Waals surface area contributed by atoms with E-state index in [0.717, 1.165) is 13.0 Å². The summed E-state index contributed by atoms with van der Waals surface area (Å²) in [6, 6.07) is 14.6. The van der Waals surface area contributed by atoms with Crippen molar-refractivity contribution in [3.63, 3.8) is 0 Å². The third-order valence-electron chi connectivity index (χ3n) is 4.30. The number of aromatic hydroxyl groups is 1. The third kappa shape index (κ3) is 2.82. The van der Waals surface area contributed by atoms with E-state index in [9.17, 15) is 5.11 Å². The molecule has 0 saturated heterocycles. The molecule has 0 spiro atoms. The summed E-state index contributed by atoms with van der Waals surface area (Å²) in [4.78, 5) is 2.49. The largest absolute Gasteiger partial charge is 0.506 e. The van der Waals surface area contributed by atoms with E-state index in [4.69, 9.17) is 5.73 Å². The number of fused-ring (bicyclic) bond motifs is 1. The molecule has 2 aromatic carbocycles. The number of nitrogen functional groups attached to an aromatic ring is 1. The second kappa shape index (κ2) is 5.68. The van der Waals surface area contributed by atoms with Crippen LogP contribution >= 0.6 is 0 Å². The molecule has 0 amide bonds. The van der Waals surface area contributed by atoms with Crippen molar-refractivity contribution in [2.24, 2.45) is 0 Å². The van der Waals surface area contributed by atoms with Gasteiger partial charge < -0.3 is 15.7 Å². The maximum Gasteiger partial charge on any atom is 0.138 e. The Morgan fingerprint density at radius 1 is 1.24 bits per heavy atom. The van der Waals surface area contributed by atoms with Gasteiger partial charge in [-0.25, -0.2) is 0 Å². The highest BCUT2D eigenvalue weighted by Gasteiger charge is 2.21. The van der Waals surface area contributed by atoms with Crippen LogP contribution in [0.25, 0.3) is 0 Å². The molecule has 110 valence electrons. The average molecular weight is 282 g/mol. The van der Waals surface area contributed by atoms with Crippen LogP contribution in [-0.4, -0.2) is 17.7 Å². The highest BCUT2D eigenvalue weighted by molar-refractivity contribution is 5.57. The number of nitrogens with two attached hydrogens (primary N) is 1. The number of nitrogens with zero attached hydrogens (tertiary/aromatic N) is 1. The average Bonchev–Trinajstić information content (AvgIpc) is 2.50. The minimum atomic E-state index is 0.162. The minimum Gasteiger partial charge on any atom is -0.506 e. The fourth-order valence-corrected chi connectivity index (χ4v) is 3.20. The molecule has 3 heteroatoms. The zero-order valence-corrected chi connectivity index (χ0v) is 12.4. The maximum absolute atomic E-state index is 9.52. The highest BCUT2D eigenvalue weighted by Crippen LogP contribution is 2.30. The van der Waals surface area contributed by atoms with E-state index >= 15 is 0 Å². The van der Waals surface area contributed by atoms with Crippen molar-refractivity contribution >= 4 is 11.4 Å². The Labute approximate surface area is 126 Å². The Hall–Kier alpha value is -2.16. The number of aryl methyl sites for hydroxylation is 1. The molecule has 21 heavy (non-hydrogen) atoms. The van der Waals surface area contributed by atoms with Gasteiger partial charge in [-0.1, -0.05) is 24.3 Å². The van der Waals surface area contributed by atoms with Crippen LogP contribution in [0.5, 0.6) is 5.75 Å². The Kier molecular flexibility index (Phi) is 3.74. The van der Waals surface area contributed by atoms with Crippen LogP contribution in [0.1, 0.15) is 24.5 Å². The summed E-state index contributed by atoms with van der Waals surface area (Å²) in [7, 11) is 0. The van der Waals surface area contributed by atoms with Crippen LogP contribution in [0, 0.1) is 0 Å². The fourth-order valence-electron chi connectivity index (χ4n) is 3.20. The van der Waals surface area contributed by atoms with Crippen LogP contribution < -0.4 is 10.6 Å². The molecular formula is C18H22N2O. The van der Waals surface area contributed by atoms with E-state index in [-0.39, 0.29) is 5.75 Å². The molecule has 1 atom stereocenters. The van der Waals surface area contributed by atoms with Crippen LogP contribution in [0.15, 0.2) is 42.5 Å². The molecular weight excluding hydrogens is 260 g/mol. The van der Waals surface area contributed by atoms with Crippen molar-refractivity contribution in [2.45, 2.75) is 32.2 Å². The second-order valence-electron chi connectivity index (χ2n) is 5.87. The van der Waals surface area contributed by atoms with Crippen molar-refractivity contribution in [1.82, 2.24) is 0 Å². The molecule has 0 aliphatic carbocycles. The molecule has 3 rings (SSSR count). The fraction of sp³-hybridized carbons (Fsp3) is 0.333. The van der Waals surface area contributed by atoms with Gasteiger partial charge >= 0.3 is 0 Å². The first-order valence-corrected chi connectivity index (χ1v) is 7.57. The lowest BCUT2D eigenvalue weighted by Gasteiger charge is -2.36. The van der Waals surface area contributed by atoms with Crippen LogP contribution in [0.2, 0.25) is 0 Å². The van der Waals surface area contributed by atoms with Gasteiger partial charge in [-0.05, 0) is 55.5 Å². The predicted octanol–water partition coefficient (Wildman–Crippen LogP) is 3.36. The topological polar surface area (TPSA) is 49.5 Å². The van der Waals surface area contributed by atoms with Crippen LogP contribution in [0.4, 0.5) is 11.4 Å². The van der Waals surface area contributed by atoms with Gasteiger partial charge in [0.05, 0.1) is 5.69 Å². The zero-order valence-electron chi connectivity index (χ0n) is 12.4. The van der Waals surface area contributed by atoms with Gasteiger partial charge in [0.1, 0.15) is 5.75 Å². The van der Waals surface area contributed by atoms with Crippen LogP contribution in [0.3, 0.4) is 0 Å². The summed E-state index contributed by atoms with van der Waals surface area (Å²) in [5.74, 6) is 0.162. The molecule has 0 fully saturated rings. The summed E-state index contributed by atoms with van der Waals surface area (Å²) in [5.41, 5.74) is 10.2. The first kappa shape index (κ1) is 13.8. The number of hydrogen-bond acceptors (Lipinski definition) is 3. The summed E-state index contributed by atoms with van der Waals surface area (Å²) >= 11 is 0. The van der Waals surface area contributed by atoms with Gasteiger partial charge in [0.15, 0.2) is 0 Å². The molecule has 1 unspecified atom stereocenters. The molecule has 1 aliphatic heterocycles. The lowest BCUT2D eigenvalue weighted by Crippen LogP contribution is -2.38. The first-order chi connectivity index (χ1) is 10.1. The smallest absolute Gasteiger partial charge is 0.138 e. The molecule has 0 radical (unpaired) electrons. The molecule has 0 aromatic heterocycles. The summed E-state index contributed by atoms with van der Waals surface area (Å²) in [6.45, 7) is 3.36. The molecule has 3 N–H and O–H groups in total. The van der Waals surface area contributed by atoms with Crippen molar-refractivity contribution in [1.29, 1.82) is 0 Å². The van der Waals surface area contributed by atoms with E-state index in [2.05, 4.69) is 36.1 Å². The lowest BCUT2D eigenvalue weighted by atomic mass is 9.98. The van der Waals surface area contributed by atoms with Gasteiger partial charge in [-0.2, -0.15) is 0 Å². The van der Waals surface area contributed by atoms with Gasteiger partial charge in [0, 0.05) is 18.3 Å². The summed E-state index contributed by atoms with van der Waals surface area (Å²) in [5, 5.41) is 9.52. The first-order valence-electron chi connectivity index (χ1n) is 7.57. The van der Waals surface area contributed by atoms with E-state index in [0.29, 0.717) is 11.7 Å². The van der Waals surface area contributed by atoms with E-state index in [1.807, 2.05) is 12.1 Å². The molecule has 1 heterocycles. The number of anilines is 2. The SMILES string of the molecule is CC(Cc1ccc(O)c(N)c1)N1CCCc2ccccc21. The molecule has 3 nitrogen and oxygen atoms in total. The van der Waals surface area contributed by atoms with Crippen molar-refractivity contribution < 1.29 is 5.11 Å². The standard InChI is InChI=1S/C18H22N2O/c1-13(11-14-8-9-18(21)16(19)12-14)20-10-4-6-15-5-2-3-7-17(15)20/h2-3,5,7-9,12-13,21H,4,6,10-11,19H2,1H3. The number of phenolic OH excluding ortho intramolecular Hbond substituents is 1. The minimum absolute atomic E-state index is 0.162. The van der Waals surface area contributed by atoms with Gasteiger partial charge in [-0.3, -0.25) is 0 Å². The maximum atomic E-state index is 9.52. The molecule has 0 bridgehead atoms. The van der Waals surface area contributed by atoms with Crippen molar-refractivity contribution in [3.8, 4) is 5.75 Å². The van der Waals surface area contributed by atoms with Crippen molar-refractivity contribution in [3.05, 3.63) is 53.6 Å². The van der Waals surface area contributed by atoms with Gasteiger partial charge in [-0.15, -0.1) is 0 Å². The number of hydrogen-bond donors (Lipinski definition) is 2. The predicted molar refractivity (Wildman–Crippen MR) is 87.8 cm³/mol. The molecule has 0 saturated carbocycles. The molecule has 2 aromatic rings. The van der Waals surface area contributed by atoms with Gasteiger partial charge in [0.2, 0.25) is 0 Å². The normalized spacial score (nSPS) is 15.6. The Bertz CT molecular complexity index is 639. The number of benzene rings is 2. The van der Waals surface area contributed by atoms with Crippen molar-refractivity contribution in [2.75, 3.05) is 17.2 Å². The Morgan fingerprint density at radius 3 is 2.86 bits per heavy atom. The van der Waals surface area contributed by atoms with E-state index in [1.54, 1.807) is 6.07 Å². The van der Waals surface area contributed by atoms with Gasteiger partial charge in [0.25, 0.3) is 0 Å². The third-order valence-corrected chi connectivity index (χ3v) is 4.30. The summed E-state index contributed by atoms with van der Waals surface area (Å²) in [6.07, 6.45) is 3.31. The summed E-state index contributed by atoms with van der Waals surface area (Å²) < 4.78 is 0. The lowest BCUT2D eigenvalue weighted by molar-refractivity contribution is 0.477. The molecule has 1 aliphatic rings. The van der Waals surface area contributed by atoms with E-state index < -0.39 is 0 Å². The Morgan fingerprint density at radius 2 is 2.05 bits per heavy atom. The second-order valence-corrected chi connectivity index (χ2v) is 5.87. The zero-order chi connectivity index (χ0) is 14.8. The van der Waals surface area contributed by atoms with Crippen LogP contribution in [-0.2, 0) is 12.8 Å². The number of para-hydroxylation sites is 1.